The van der Waals surface area contributed by atoms with Gasteiger partial charge in [-0.25, -0.2) is 0 Å². The summed E-state index contributed by atoms with van der Waals surface area (Å²) in [7, 11) is 0. The first-order chi connectivity index (χ1) is 23.0. The highest BCUT2D eigenvalue weighted by Crippen LogP contribution is 2.61. The highest BCUT2D eigenvalue weighted by atomic mass is 79.9. The van der Waals surface area contributed by atoms with E-state index in [-0.39, 0.29) is 48.7 Å². The molecule has 258 valence electrons. The Kier molecular flexibility index (Phi) is 11.1. The minimum Gasteiger partial charge on any atom is -0.460 e. The van der Waals surface area contributed by atoms with Crippen molar-refractivity contribution in [2.75, 3.05) is 24.6 Å². The fourth-order valence-electron chi connectivity index (χ4n) is 7.67. The van der Waals surface area contributed by atoms with Crippen molar-refractivity contribution >= 4 is 56.1 Å². The van der Waals surface area contributed by atoms with Crippen LogP contribution in [0.3, 0.4) is 0 Å². The third-order valence-electron chi connectivity index (χ3n) is 9.68. The molecule has 3 fully saturated rings. The predicted molar refractivity (Wildman–Crippen MR) is 187 cm³/mol. The average molecular weight is 725 g/mol. The van der Waals surface area contributed by atoms with Crippen LogP contribution in [0.2, 0.25) is 0 Å². The SMILES string of the molecule is C=CCCC(=O)NC[C@@H](C)OC(=O)[C@H]1[C@@H]2O[C@@]3(CC2Br)[C@@H]1C(=O)N([C@@H](CO)CC(C)C)[C@@H]3C(=O)N(CC=C)c1ccc2ccccc2c1. The van der Waals surface area contributed by atoms with Crippen molar-refractivity contribution in [3.05, 3.63) is 67.8 Å². The van der Waals surface area contributed by atoms with Crippen molar-refractivity contribution in [1.29, 1.82) is 0 Å². The first kappa shape index (κ1) is 35.8. The molecule has 0 saturated carbocycles. The molecule has 3 heterocycles. The maximum absolute atomic E-state index is 15.0. The van der Waals surface area contributed by atoms with Gasteiger partial charge in [0.05, 0.1) is 37.1 Å². The molecule has 48 heavy (non-hydrogen) atoms. The molecule has 1 unspecified atom stereocenters. The zero-order chi connectivity index (χ0) is 34.7. The number of ether oxygens (including phenoxy) is 2. The lowest BCUT2D eigenvalue weighted by molar-refractivity contribution is -0.159. The number of allylic oxidation sites excluding steroid dienone is 1. The normalized spacial score (nSPS) is 27.1. The second-order valence-corrected chi connectivity index (χ2v) is 14.7. The smallest absolute Gasteiger partial charge is 0.312 e. The van der Waals surface area contributed by atoms with Crippen molar-refractivity contribution in [2.24, 2.45) is 17.8 Å². The summed E-state index contributed by atoms with van der Waals surface area (Å²) in [4.78, 5) is 58.4. The summed E-state index contributed by atoms with van der Waals surface area (Å²) in [6.45, 7) is 13.1. The van der Waals surface area contributed by atoms with E-state index in [0.29, 0.717) is 24.9 Å². The highest BCUT2D eigenvalue weighted by molar-refractivity contribution is 9.09. The number of aliphatic hydroxyl groups is 1. The Morgan fingerprint density at radius 3 is 2.56 bits per heavy atom. The van der Waals surface area contributed by atoms with E-state index in [1.54, 1.807) is 24.0 Å². The molecule has 8 atom stereocenters. The van der Waals surface area contributed by atoms with Gasteiger partial charge in [0.2, 0.25) is 11.8 Å². The summed E-state index contributed by atoms with van der Waals surface area (Å²) >= 11 is 3.71. The Morgan fingerprint density at radius 2 is 1.90 bits per heavy atom. The maximum Gasteiger partial charge on any atom is 0.312 e. The molecule has 2 bridgehead atoms. The van der Waals surface area contributed by atoms with E-state index in [0.717, 1.165) is 10.8 Å². The Labute approximate surface area is 290 Å². The van der Waals surface area contributed by atoms with E-state index in [1.807, 2.05) is 56.3 Å². The summed E-state index contributed by atoms with van der Waals surface area (Å²) < 4.78 is 12.5. The number of nitrogens with zero attached hydrogens (tertiary/aromatic N) is 2. The van der Waals surface area contributed by atoms with Gasteiger partial charge in [0.15, 0.2) is 0 Å². The van der Waals surface area contributed by atoms with Crippen LogP contribution in [-0.4, -0.2) is 88.1 Å². The van der Waals surface area contributed by atoms with Gasteiger partial charge in [-0.05, 0) is 55.0 Å². The van der Waals surface area contributed by atoms with Crippen molar-refractivity contribution < 1.29 is 33.8 Å². The van der Waals surface area contributed by atoms with E-state index >= 15 is 0 Å². The molecule has 2 aromatic rings. The van der Waals surface area contributed by atoms with E-state index in [1.165, 1.54) is 4.90 Å². The Bertz CT molecular complexity index is 1560. The second-order valence-electron chi connectivity index (χ2n) is 13.5. The molecule has 1 spiro atoms. The minimum absolute atomic E-state index is 0.109. The zero-order valence-corrected chi connectivity index (χ0v) is 29.4. The van der Waals surface area contributed by atoms with Crippen molar-refractivity contribution in [3.8, 4) is 0 Å². The van der Waals surface area contributed by atoms with Crippen molar-refractivity contribution in [2.45, 2.75) is 81.2 Å². The average Bonchev–Trinajstić information content (AvgIpc) is 3.66. The van der Waals surface area contributed by atoms with Gasteiger partial charge in [0.1, 0.15) is 17.7 Å². The third kappa shape index (κ3) is 6.69. The van der Waals surface area contributed by atoms with Gasteiger partial charge in [0.25, 0.3) is 5.91 Å². The maximum atomic E-state index is 15.0. The summed E-state index contributed by atoms with van der Waals surface area (Å²) in [6, 6.07) is 11.8. The number of hydrogen-bond acceptors (Lipinski definition) is 7. The number of benzene rings is 2. The standard InChI is InChI=1S/C37H46BrN3O7/c1-6-8-13-29(43)39-20-23(5)47-36(46)30-31-34(44)41(27(21-42)17-22(3)4)33(37(31)19-28(38)32(30)48-37)35(45)40(16-7-2)26-15-14-24-11-9-10-12-25(24)18-26/h6-7,9-12,14-15,18,22-23,27-28,30-33,42H,1-2,8,13,16-17,19-21H2,3-5H3,(H,39,43)/t23-,27-,28?,30-,31+,32-,33-,37+/m1/s1. The third-order valence-corrected chi connectivity index (χ3v) is 10.5. The van der Waals surface area contributed by atoms with Crippen LogP contribution < -0.4 is 10.2 Å². The molecule has 0 aliphatic carbocycles. The molecule has 11 heteroatoms. The number of halogens is 1. The van der Waals surface area contributed by atoms with Crippen LogP contribution in [0.1, 0.15) is 46.5 Å². The van der Waals surface area contributed by atoms with E-state index in [9.17, 15) is 24.3 Å². The van der Waals surface area contributed by atoms with Crippen LogP contribution in [0.4, 0.5) is 5.69 Å². The summed E-state index contributed by atoms with van der Waals surface area (Å²) in [5.41, 5.74) is -0.697. The van der Waals surface area contributed by atoms with E-state index < -0.39 is 53.6 Å². The number of esters is 1. The number of alkyl halides is 1. The molecule has 3 aliphatic rings. The van der Waals surface area contributed by atoms with Crippen LogP contribution in [0.5, 0.6) is 0 Å². The lowest BCUT2D eigenvalue weighted by Gasteiger charge is -2.39. The van der Waals surface area contributed by atoms with Crippen molar-refractivity contribution in [1.82, 2.24) is 10.2 Å². The molecule has 5 rings (SSSR count). The molecular formula is C37H46BrN3O7. The highest BCUT2D eigenvalue weighted by Gasteiger charge is 2.77. The van der Waals surface area contributed by atoms with Crippen molar-refractivity contribution in [3.63, 3.8) is 0 Å². The van der Waals surface area contributed by atoms with Crippen LogP contribution in [0.25, 0.3) is 10.8 Å². The number of carbonyl (C=O) groups excluding carboxylic acids is 4. The lowest BCUT2D eigenvalue weighted by atomic mass is 9.70. The topological polar surface area (TPSA) is 125 Å². The predicted octanol–water partition coefficient (Wildman–Crippen LogP) is 4.53. The quantitative estimate of drug-likeness (QED) is 0.157. The number of anilines is 1. The molecular weight excluding hydrogens is 678 g/mol. The fraction of sp³-hybridized carbons (Fsp3) is 0.514. The number of aliphatic hydroxyl groups excluding tert-OH is 1. The monoisotopic (exact) mass is 723 g/mol. The van der Waals surface area contributed by atoms with Gasteiger partial charge in [-0.3, -0.25) is 19.2 Å². The Hall–Kier alpha value is -3.54. The molecule has 3 aliphatic heterocycles. The molecule has 3 amide bonds. The van der Waals surface area contributed by atoms with Crippen LogP contribution >= 0.6 is 15.9 Å². The fourth-order valence-corrected chi connectivity index (χ4v) is 8.61. The van der Waals surface area contributed by atoms with Gasteiger partial charge in [-0.2, -0.15) is 0 Å². The Balaban J connectivity index is 1.50. The number of hydrogen-bond donors (Lipinski definition) is 2. The van der Waals surface area contributed by atoms with E-state index in [2.05, 4.69) is 34.4 Å². The summed E-state index contributed by atoms with van der Waals surface area (Å²) in [5, 5.41) is 15.4. The molecule has 0 radical (unpaired) electrons. The Morgan fingerprint density at radius 1 is 1.17 bits per heavy atom. The number of likely N-dealkylation sites (tertiary alicyclic amines) is 1. The molecule has 10 nitrogen and oxygen atoms in total. The molecule has 2 aromatic carbocycles. The summed E-state index contributed by atoms with van der Waals surface area (Å²) in [5.74, 6) is -3.44. The second kappa shape index (κ2) is 14.9. The van der Waals surface area contributed by atoms with Gasteiger partial charge in [-0.1, -0.05) is 72.3 Å². The van der Waals surface area contributed by atoms with Gasteiger partial charge in [-0.15, -0.1) is 13.2 Å². The first-order valence-electron chi connectivity index (χ1n) is 16.7. The molecule has 3 saturated heterocycles. The zero-order valence-electron chi connectivity index (χ0n) is 27.8. The molecule has 2 N–H and O–H groups in total. The minimum atomic E-state index is -1.33. The van der Waals surface area contributed by atoms with Crippen LogP contribution in [-0.2, 0) is 28.7 Å². The van der Waals surface area contributed by atoms with Gasteiger partial charge in [0, 0.05) is 23.5 Å². The number of fused-ring (bicyclic) bond motifs is 2. The van der Waals surface area contributed by atoms with E-state index in [4.69, 9.17) is 9.47 Å². The lowest BCUT2D eigenvalue weighted by Crippen LogP contribution is -2.59. The first-order valence-corrected chi connectivity index (χ1v) is 17.6. The largest absolute Gasteiger partial charge is 0.460 e. The number of rotatable bonds is 15. The number of amides is 3. The van der Waals surface area contributed by atoms with Gasteiger partial charge >= 0.3 is 5.97 Å². The van der Waals surface area contributed by atoms with Gasteiger partial charge < -0.3 is 29.7 Å². The van der Waals surface area contributed by atoms with Crippen LogP contribution in [0.15, 0.2) is 67.8 Å². The number of carbonyl (C=O) groups is 4. The molecule has 0 aromatic heterocycles. The summed E-state index contributed by atoms with van der Waals surface area (Å²) in [6.07, 6.45) is 3.51. The number of nitrogens with one attached hydrogen (secondary N) is 1. The van der Waals surface area contributed by atoms with Crippen LogP contribution in [0, 0.1) is 17.8 Å².